The second-order valence-corrected chi connectivity index (χ2v) is 5.07. The molecule has 1 heterocycles. The van der Waals surface area contributed by atoms with Crippen molar-refractivity contribution in [2.24, 2.45) is 10.7 Å². The van der Waals surface area contributed by atoms with Crippen LogP contribution in [0.2, 0.25) is 0 Å². The fourth-order valence-corrected chi connectivity index (χ4v) is 2.38. The van der Waals surface area contributed by atoms with Crippen LogP contribution in [0.3, 0.4) is 0 Å². The predicted octanol–water partition coefficient (Wildman–Crippen LogP) is 2.09. The van der Waals surface area contributed by atoms with Gasteiger partial charge >= 0.3 is 0 Å². The lowest BCUT2D eigenvalue weighted by Crippen LogP contribution is -2.38. The number of hydrogen-bond donors (Lipinski definition) is 2. The third-order valence-corrected chi connectivity index (χ3v) is 3.63. The zero-order chi connectivity index (χ0) is 14.4. The molecule has 0 aromatic heterocycles. The Labute approximate surface area is 120 Å². The summed E-state index contributed by atoms with van der Waals surface area (Å²) < 4.78 is 5.15. The molecule has 5 nitrogen and oxygen atoms in total. The monoisotopic (exact) mass is 277 g/mol. The third kappa shape index (κ3) is 3.79. The first-order valence-electron chi connectivity index (χ1n) is 7.11. The molecule has 0 amide bonds. The van der Waals surface area contributed by atoms with Crippen molar-refractivity contribution in [1.29, 1.82) is 0 Å². The number of guanidine groups is 1. The highest BCUT2D eigenvalue weighted by Crippen LogP contribution is 2.23. The summed E-state index contributed by atoms with van der Waals surface area (Å²) in [5.41, 5.74) is 6.77. The number of nitrogens with two attached hydrogens (primary N) is 1. The summed E-state index contributed by atoms with van der Waals surface area (Å²) in [5, 5.41) is 9.82. The average Bonchev–Trinajstić information content (AvgIpc) is 2.75. The van der Waals surface area contributed by atoms with Crippen molar-refractivity contribution in [3.05, 3.63) is 23.8 Å². The summed E-state index contributed by atoms with van der Waals surface area (Å²) in [4.78, 5) is 6.53. The molecule has 0 spiro atoms. The highest BCUT2D eigenvalue weighted by Gasteiger charge is 2.11. The summed E-state index contributed by atoms with van der Waals surface area (Å²) in [6, 6.07) is 5.13. The van der Waals surface area contributed by atoms with E-state index in [-0.39, 0.29) is 5.75 Å². The Balaban J connectivity index is 2.03. The standard InChI is InChI=1S/C15H23N3O2/c1-20-13-6-7-14(19)12(10-13)11-17-15(16)18-8-4-2-3-5-9-18/h6-7,10,19H,2-5,8-9,11H2,1H3,(H2,16,17). The molecule has 0 unspecified atom stereocenters. The van der Waals surface area contributed by atoms with Crippen LogP contribution in [0.4, 0.5) is 0 Å². The quantitative estimate of drug-likeness (QED) is 0.655. The molecule has 1 saturated heterocycles. The molecule has 5 heteroatoms. The second-order valence-electron chi connectivity index (χ2n) is 5.07. The summed E-state index contributed by atoms with van der Waals surface area (Å²) in [6.45, 7) is 2.31. The Bertz CT molecular complexity index is 466. The van der Waals surface area contributed by atoms with E-state index in [0.29, 0.717) is 18.3 Å². The van der Waals surface area contributed by atoms with Crippen LogP contribution in [-0.4, -0.2) is 36.2 Å². The van der Waals surface area contributed by atoms with Gasteiger partial charge in [-0.25, -0.2) is 4.99 Å². The highest BCUT2D eigenvalue weighted by molar-refractivity contribution is 5.78. The van der Waals surface area contributed by atoms with Crippen LogP contribution in [-0.2, 0) is 6.54 Å². The van der Waals surface area contributed by atoms with Gasteiger partial charge in [-0.15, -0.1) is 0 Å². The van der Waals surface area contributed by atoms with E-state index in [1.54, 1.807) is 25.3 Å². The van der Waals surface area contributed by atoms with E-state index in [9.17, 15) is 5.11 Å². The van der Waals surface area contributed by atoms with Crippen molar-refractivity contribution in [1.82, 2.24) is 4.90 Å². The van der Waals surface area contributed by atoms with Crippen molar-refractivity contribution in [2.45, 2.75) is 32.2 Å². The minimum Gasteiger partial charge on any atom is -0.508 e. The van der Waals surface area contributed by atoms with Gasteiger partial charge in [0, 0.05) is 18.7 Å². The van der Waals surface area contributed by atoms with Gasteiger partial charge in [-0.2, -0.15) is 0 Å². The van der Waals surface area contributed by atoms with E-state index >= 15 is 0 Å². The average molecular weight is 277 g/mol. The topological polar surface area (TPSA) is 71.1 Å². The fourth-order valence-electron chi connectivity index (χ4n) is 2.38. The number of ether oxygens (including phenoxy) is 1. The molecule has 1 aliphatic heterocycles. The van der Waals surface area contributed by atoms with Gasteiger partial charge in [0.15, 0.2) is 5.96 Å². The lowest BCUT2D eigenvalue weighted by molar-refractivity contribution is 0.410. The van der Waals surface area contributed by atoms with E-state index in [1.165, 1.54) is 25.7 Å². The SMILES string of the molecule is COc1ccc(O)c(CN=C(N)N2CCCCCC2)c1. The molecule has 1 fully saturated rings. The van der Waals surface area contributed by atoms with E-state index in [4.69, 9.17) is 10.5 Å². The number of phenols is 1. The molecule has 1 aromatic carbocycles. The van der Waals surface area contributed by atoms with E-state index in [2.05, 4.69) is 9.89 Å². The molecule has 0 bridgehead atoms. The van der Waals surface area contributed by atoms with Crippen LogP contribution in [0, 0.1) is 0 Å². The zero-order valence-corrected chi connectivity index (χ0v) is 12.0. The van der Waals surface area contributed by atoms with Gasteiger partial charge in [-0.1, -0.05) is 12.8 Å². The second kappa shape index (κ2) is 7.03. The fraction of sp³-hybridized carbons (Fsp3) is 0.533. The van der Waals surface area contributed by atoms with Crippen molar-refractivity contribution in [3.8, 4) is 11.5 Å². The molecule has 0 atom stereocenters. The molecule has 2 rings (SSSR count). The van der Waals surface area contributed by atoms with Crippen LogP contribution in [0.25, 0.3) is 0 Å². The van der Waals surface area contributed by atoms with Gasteiger partial charge in [0.2, 0.25) is 0 Å². The van der Waals surface area contributed by atoms with Crippen molar-refractivity contribution in [2.75, 3.05) is 20.2 Å². The number of nitrogens with zero attached hydrogens (tertiary/aromatic N) is 2. The molecule has 3 N–H and O–H groups in total. The zero-order valence-electron chi connectivity index (χ0n) is 12.0. The van der Waals surface area contributed by atoms with Gasteiger partial charge in [0.1, 0.15) is 11.5 Å². The lowest BCUT2D eigenvalue weighted by Gasteiger charge is -2.21. The Morgan fingerprint density at radius 3 is 2.65 bits per heavy atom. The number of methoxy groups -OCH3 is 1. The normalized spacial score (nSPS) is 16.9. The first-order chi connectivity index (χ1) is 9.70. The van der Waals surface area contributed by atoms with Gasteiger partial charge in [0.05, 0.1) is 13.7 Å². The Kier molecular flexibility index (Phi) is 5.09. The molecular weight excluding hydrogens is 254 g/mol. The van der Waals surface area contributed by atoms with Gasteiger partial charge in [0.25, 0.3) is 0 Å². The number of aliphatic imine (C=N–C) groups is 1. The number of rotatable bonds is 3. The molecule has 0 aliphatic carbocycles. The third-order valence-electron chi connectivity index (χ3n) is 3.63. The minimum atomic E-state index is 0.221. The van der Waals surface area contributed by atoms with Crippen LogP contribution in [0.5, 0.6) is 11.5 Å². The van der Waals surface area contributed by atoms with Crippen molar-refractivity contribution in [3.63, 3.8) is 0 Å². The van der Waals surface area contributed by atoms with Crippen molar-refractivity contribution >= 4 is 5.96 Å². The maximum atomic E-state index is 9.82. The number of benzene rings is 1. The predicted molar refractivity (Wildman–Crippen MR) is 80.0 cm³/mol. The van der Waals surface area contributed by atoms with E-state index < -0.39 is 0 Å². The highest BCUT2D eigenvalue weighted by atomic mass is 16.5. The molecule has 0 radical (unpaired) electrons. The maximum absolute atomic E-state index is 9.82. The Morgan fingerprint density at radius 2 is 2.00 bits per heavy atom. The van der Waals surface area contributed by atoms with Crippen LogP contribution >= 0.6 is 0 Å². The number of hydrogen-bond acceptors (Lipinski definition) is 3. The van der Waals surface area contributed by atoms with Gasteiger partial charge in [-0.3, -0.25) is 0 Å². The van der Waals surface area contributed by atoms with E-state index in [1.807, 2.05) is 0 Å². The van der Waals surface area contributed by atoms with Crippen LogP contribution in [0.15, 0.2) is 23.2 Å². The number of phenolic OH excluding ortho intramolecular Hbond substituents is 1. The number of aromatic hydroxyl groups is 1. The lowest BCUT2D eigenvalue weighted by atomic mass is 10.2. The molecule has 1 aromatic rings. The van der Waals surface area contributed by atoms with Crippen LogP contribution < -0.4 is 10.5 Å². The number of likely N-dealkylation sites (tertiary alicyclic amines) is 1. The minimum absolute atomic E-state index is 0.221. The summed E-state index contributed by atoms with van der Waals surface area (Å²) in [7, 11) is 1.60. The molecule has 1 aliphatic rings. The first kappa shape index (κ1) is 14.5. The summed E-state index contributed by atoms with van der Waals surface area (Å²) >= 11 is 0. The van der Waals surface area contributed by atoms with Gasteiger partial charge in [-0.05, 0) is 31.0 Å². The summed E-state index contributed by atoms with van der Waals surface area (Å²) in [6.07, 6.45) is 4.86. The Morgan fingerprint density at radius 1 is 1.30 bits per heavy atom. The molecule has 20 heavy (non-hydrogen) atoms. The van der Waals surface area contributed by atoms with Crippen molar-refractivity contribution < 1.29 is 9.84 Å². The van der Waals surface area contributed by atoms with Crippen LogP contribution in [0.1, 0.15) is 31.2 Å². The first-order valence-corrected chi connectivity index (χ1v) is 7.11. The largest absolute Gasteiger partial charge is 0.508 e. The molecular formula is C15H23N3O2. The smallest absolute Gasteiger partial charge is 0.191 e. The van der Waals surface area contributed by atoms with E-state index in [0.717, 1.165) is 18.7 Å². The maximum Gasteiger partial charge on any atom is 0.191 e. The Hall–Kier alpha value is -1.91. The van der Waals surface area contributed by atoms with Gasteiger partial charge < -0.3 is 20.5 Å². The molecule has 110 valence electrons. The molecule has 0 saturated carbocycles. The summed E-state index contributed by atoms with van der Waals surface area (Å²) in [5.74, 6) is 1.49.